The Labute approximate surface area is 222 Å². The highest BCUT2D eigenvalue weighted by Gasteiger charge is 2.24. The number of nitrogens with two attached hydrogens (primary N) is 1. The number of rotatable bonds is 4. The van der Waals surface area contributed by atoms with Gasteiger partial charge in [-0.25, -0.2) is 9.03 Å². The Hall–Kier alpha value is -5.63. The van der Waals surface area contributed by atoms with Crippen molar-refractivity contribution in [3.63, 3.8) is 0 Å². The smallest absolute Gasteiger partial charge is 0.283 e. The molecule has 0 aliphatic heterocycles. The quantitative estimate of drug-likeness (QED) is 0.345. The molecule has 0 saturated carbocycles. The van der Waals surface area contributed by atoms with Crippen molar-refractivity contribution in [2.45, 2.75) is 13.0 Å². The van der Waals surface area contributed by atoms with Crippen LogP contribution in [0.3, 0.4) is 0 Å². The van der Waals surface area contributed by atoms with Crippen molar-refractivity contribution < 1.29 is 4.79 Å². The first kappa shape index (κ1) is 23.7. The first-order chi connectivity index (χ1) is 18.9. The second-order valence-corrected chi connectivity index (χ2v) is 9.00. The lowest BCUT2D eigenvalue weighted by molar-refractivity contribution is 0.0940. The molecule has 5 heterocycles. The highest BCUT2D eigenvalue weighted by atomic mass is 16.2. The number of hydrogen-bond acceptors (Lipinski definition) is 6. The van der Waals surface area contributed by atoms with Crippen LogP contribution in [0.5, 0.6) is 0 Å². The first-order valence-corrected chi connectivity index (χ1v) is 12.1. The van der Waals surface area contributed by atoms with E-state index in [4.69, 9.17) is 10.8 Å². The SMILES string of the molecule is C[C@H](NC(=O)c1c(N)nn2ccccc12)c1nn2ccc(C#Cc3cnn(C)c3)c2c(=O)n1-c1ccccc1. The third-order valence-electron chi connectivity index (χ3n) is 6.30. The van der Waals surface area contributed by atoms with E-state index in [0.717, 1.165) is 5.56 Å². The maximum absolute atomic E-state index is 14.0. The van der Waals surface area contributed by atoms with Crippen molar-refractivity contribution in [1.29, 1.82) is 0 Å². The first-order valence-electron chi connectivity index (χ1n) is 12.1. The van der Waals surface area contributed by atoms with Crippen molar-refractivity contribution in [3.8, 4) is 17.5 Å². The summed E-state index contributed by atoms with van der Waals surface area (Å²) in [6, 6.07) is 15.6. The fourth-order valence-electron chi connectivity index (χ4n) is 4.50. The zero-order valence-electron chi connectivity index (χ0n) is 21.1. The summed E-state index contributed by atoms with van der Waals surface area (Å²) < 4.78 is 6.20. The number of para-hydroxylation sites is 1. The Balaban J connectivity index is 1.45. The summed E-state index contributed by atoms with van der Waals surface area (Å²) in [7, 11) is 1.81. The molecule has 5 aromatic heterocycles. The van der Waals surface area contributed by atoms with Gasteiger partial charge in [0.2, 0.25) is 0 Å². The number of anilines is 1. The molecule has 1 aromatic carbocycles. The number of aromatic nitrogens is 7. The van der Waals surface area contributed by atoms with Crippen LogP contribution in [0.25, 0.3) is 16.7 Å². The second kappa shape index (κ2) is 9.35. The van der Waals surface area contributed by atoms with Gasteiger partial charge in [0.15, 0.2) is 11.6 Å². The molecule has 0 spiro atoms. The number of pyridine rings is 1. The minimum Gasteiger partial charge on any atom is -0.382 e. The van der Waals surface area contributed by atoms with Crippen LogP contribution in [0.4, 0.5) is 5.82 Å². The maximum Gasteiger partial charge on any atom is 0.283 e. The summed E-state index contributed by atoms with van der Waals surface area (Å²) in [5.41, 5.74) is 8.78. The topological polar surface area (TPSA) is 130 Å². The van der Waals surface area contributed by atoms with E-state index in [1.165, 1.54) is 9.08 Å². The Morgan fingerprint density at radius 3 is 2.56 bits per heavy atom. The molecule has 0 unspecified atom stereocenters. The number of carbonyl (C=O) groups is 1. The summed E-state index contributed by atoms with van der Waals surface area (Å²) in [5, 5.41) is 16.0. The number of amides is 1. The number of benzene rings is 1. The van der Waals surface area contributed by atoms with E-state index in [2.05, 4.69) is 27.4 Å². The van der Waals surface area contributed by atoms with Gasteiger partial charge in [0.1, 0.15) is 11.1 Å². The zero-order chi connectivity index (χ0) is 27.1. The van der Waals surface area contributed by atoms with Crippen molar-refractivity contribution in [1.82, 2.24) is 38.9 Å². The highest BCUT2D eigenvalue weighted by Crippen LogP contribution is 2.21. The van der Waals surface area contributed by atoms with Crippen LogP contribution < -0.4 is 16.6 Å². The molecule has 6 aromatic rings. The minimum atomic E-state index is -0.666. The Morgan fingerprint density at radius 1 is 1.00 bits per heavy atom. The summed E-state index contributed by atoms with van der Waals surface area (Å²) in [6.07, 6.45) is 6.85. The predicted molar refractivity (Wildman–Crippen MR) is 145 cm³/mol. The van der Waals surface area contributed by atoms with Crippen molar-refractivity contribution in [2.75, 3.05) is 5.73 Å². The summed E-state index contributed by atoms with van der Waals surface area (Å²) in [5.74, 6) is 6.14. The van der Waals surface area contributed by atoms with E-state index >= 15 is 0 Å². The van der Waals surface area contributed by atoms with Gasteiger partial charge in [0.05, 0.1) is 34.6 Å². The fraction of sp³-hybridized carbons (Fsp3) is 0.107. The monoisotopic (exact) mass is 517 g/mol. The summed E-state index contributed by atoms with van der Waals surface area (Å²) in [6.45, 7) is 1.76. The molecule has 39 heavy (non-hydrogen) atoms. The van der Waals surface area contributed by atoms with Crippen LogP contribution in [0.2, 0.25) is 0 Å². The highest BCUT2D eigenvalue weighted by molar-refractivity contribution is 6.05. The van der Waals surface area contributed by atoms with Crippen LogP contribution in [0.15, 0.2) is 84.2 Å². The Bertz CT molecular complexity index is 1980. The lowest BCUT2D eigenvalue weighted by Gasteiger charge is -2.19. The average molecular weight is 518 g/mol. The van der Waals surface area contributed by atoms with Gasteiger partial charge in [-0.3, -0.25) is 18.8 Å². The normalized spacial score (nSPS) is 11.8. The van der Waals surface area contributed by atoms with E-state index in [-0.39, 0.29) is 16.9 Å². The van der Waals surface area contributed by atoms with Crippen molar-refractivity contribution >= 4 is 22.8 Å². The molecular formula is C28H23N9O2. The number of nitrogen functional groups attached to an aromatic ring is 1. The van der Waals surface area contributed by atoms with E-state index in [1.54, 1.807) is 65.2 Å². The summed E-state index contributed by atoms with van der Waals surface area (Å²) >= 11 is 0. The van der Waals surface area contributed by atoms with Crippen LogP contribution in [-0.2, 0) is 7.05 Å². The second-order valence-electron chi connectivity index (χ2n) is 9.00. The molecule has 11 heteroatoms. The molecule has 1 atom stereocenters. The van der Waals surface area contributed by atoms with Gasteiger partial charge >= 0.3 is 0 Å². The van der Waals surface area contributed by atoms with E-state index in [1.807, 2.05) is 37.4 Å². The van der Waals surface area contributed by atoms with Crippen LogP contribution in [0.1, 0.15) is 40.3 Å². The predicted octanol–water partition coefficient (Wildman–Crippen LogP) is 2.34. The number of nitrogens with zero attached hydrogens (tertiary/aromatic N) is 7. The van der Waals surface area contributed by atoms with Crippen LogP contribution >= 0.6 is 0 Å². The van der Waals surface area contributed by atoms with Crippen LogP contribution in [0, 0.1) is 11.8 Å². The Kier molecular flexibility index (Phi) is 5.69. The van der Waals surface area contributed by atoms with Gasteiger partial charge in [-0.05, 0) is 37.3 Å². The number of aryl methyl sites for hydroxylation is 1. The molecule has 0 bridgehead atoms. The summed E-state index contributed by atoms with van der Waals surface area (Å²) in [4.78, 5) is 27.3. The molecule has 0 radical (unpaired) electrons. The molecule has 3 N–H and O–H groups in total. The standard InChI is InChI=1S/C28H23N9O2/c1-18(31-27(38)23-22-10-6-7-14-35(22)32-25(23)29)26-33-36-15-13-20(12-11-19-16-30-34(2)17-19)24(36)28(39)37(26)21-8-4-3-5-9-21/h3-10,13-18H,1-2H3,(H2,29,32)(H,31,38)/t18-/m0/s1. The maximum atomic E-state index is 14.0. The molecule has 11 nitrogen and oxygen atoms in total. The van der Waals surface area contributed by atoms with Crippen molar-refractivity contribution in [3.05, 3.63) is 112 Å². The third kappa shape index (κ3) is 4.19. The zero-order valence-corrected chi connectivity index (χ0v) is 21.1. The third-order valence-corrected chi connectivity index (χ3v) is 6.30. The number of nitrogens with one attached hydrogen (secondary N) is 1. The molecule has 192 valence electrons. The fourth-order valence-corrected chi connectivity index (χ4v) is 4.50. The molecule has 1 amide bonds. The molecule has 0 aliphatic rings. The minimum absolute atomic E-state index is 0.108. The van der Waals surface area contributed by atoms with Gasteiger partial charge in [-0.2, -0.15) is 10.2 Å². The van der Waals surface area contributed by atoms with Gasteiger partial charge in [-0.1, -0.05) is 36.1 Å². The van der Waals surface area contributed by atoms with Gasteiger partial charge in [0, 0.05) is 25.6 Å². The van der Waals surface area contributed by atoms with E-state index < -0.39 is 11.9 Å². The lowest BCUT2D eigenvalue weighted by Crippen LogP contribution is -2.34. The van der Waals surface area contributed by atoms with Gasteiger partial charge < -0.3 is 11.1 Å². The van der Waals surface area contributed by atoms with Crippen molar-refractivity contribution in [2.24, 2.45) is 7.05 Å². The molecule has 0 aliphatic carbocycles. The van der Waals surface area contributed by atoms with Gasteiger partial charge in [0.25, 0.3) is 11.5 Å². The average Bonchev–Trinajstić information content (AvgIpc) is 3.63. The molecule has 6 rings (SSSR count). The lowest BCUT2D eigenvalue weighted by atomic mass is 10.2. The van der Waals surface area contributed by atoms with Gasteiger partial charge in [-0.15, -0.1) is 5.10 Å². The van der Waals surface area contributed by atoms with E-state index in [9.17, 15) is 9.59 Å². The molecule has 0 fully saturated rings. The number of fused-ring (bicyclic) bond motifs is 2. The number of hydrogen-bond donors (Lipinski definition) is 2. The largest absolute Gasteiger partial charge is 0.382 e. The molecule has 0 saturated heterocycles. The van der Waals surface area contributed by atoms with E-state index in [0.29, 0.717) is 28.1 Å². The molecular weight excluding hydrogens is 494 g/mol. The number of carbonyl (C=O) groups excluding carboxylic acids is 1. The van der Waals surface area contributed by atoms with Crippen LogP contribution in [-0.4, -0.2) is 39.5 Å². The Morgan fingerprint density at radius 2 is 1.79 bits per heavy atom.